The molecule has 16 heavy (non-hydrogen) atoms. The quantitative estimate of drug-likeness (QED) is 0.587. The van der Waals surface area contributed by atoms with Crippen LogP contribution in [0.2, 0.25) is 0 Å². The molecule has 1 unspecified atom stereocenters. The van der Waals surface area contributed by atoms with Crippen LogP contribution in [-0.2, 0) is 19.2 Å². The molecular formula is C10H14O6. The molecule has 0 aliphatic rings. The maximum absolute atomic E-state index is 11.3. The van der Waals surface area contributed by atoms with Crippen LogP contribution in [0.4, 0.5) is 0 Å². The maximum Gasteiger partial charge on any atom is 0.314 e. The minimum Gasteiger partial charge on any atom is -0.481 e. The van der Waals surface area contributed by atoms with Crippen molar-refractivity contribution in [3.8, 4) is 0 Å². The summed E-state index contributed by atoms with van der Waals surface area (Å²) in [6.45, 7) is 1.72. The predicted octanol–water partition coefficient (Wildman–Crippen LogP) is 0.490. The van der Waals surface area contributed by atoms with Gasteiger partial charge in [-0.2, -0.15) is 0 Å². The van der Waals surface area contributed by atoms with Crippen LogP contribution in [0.25, 0.3) is 0 Å². The van der Waals surface area contributed by atoms with E-state index in [0.29, 0.717) is 6.42 Å². The minimum atomic E-state index is -1.41. The van der Waals surface area contributed by atoms with Crippen molar-refractivity contribution >= 4 is 23.5 Å². The van der Waals surface area contributed by atoms with Crippen molar-refractivity contribution < 1.29 is 29.4 Å². The Bertz CT molecular complexity index is 306. The zero-order chi connectivity index (χ0) is 12.7. The maximum atomic E-state index is 11.3. The Morgan fingerprint density at radius 3 is 2.06 bits per heavy atom. The Kier molecular flexibility index (Phi) is 5.99. The number of hydrogen-bond donors (Lipinski definition) is 2. The summed E-state index contributed by atoms with van der Waals surface area (Å²) < 4.78 is 0. The van der Waals surface area contributed by atoms with Gasteiger partial charge in [0, 0.05) is 12.8 Å². The van der Waals surface area contributed by atoms with E-state index in [1.54, 1.807) is 6.92 Å². The highest BCUT2D eigenvalue weighted by molar-refractivity contribution is 6.04. The molecule has 6 nitrogen and oxygen atoms in total. The Morgan fingerprint density at radius 1 is 1.12 bits per heavy atom. The van der Waals surface area contributed by atoms with E-state index < -0.39 is 42.3 Å². The van der Waals surface area contributed by atoms with Crippen molar-refractivity contribution in [2.45, 2.75) is 32.6 Å². The minimum absolute atomic E-state index is 0.0807. The van der Waals surface area contributed by atoms with Crippen molar-refractivity contribution in [2.24, 2.45) is 5.92 Å². The summed E-state index contributed by atoms with van der Waals surface area (Å²) >= 11 is 0. The van der Waals surface area contributed by atoms with E-state index in [0.717, 1.165) is 0 Å². The molecule has 1 atom stereocenters. The fourth-order valence-electron chi connectivity index (χ4n) is 1.23. The predicted molar refractivity (Wildman–Crippen MR) is 52.9 cm³/mol. The molecule has 0 amide bonds. The summed E-state index contributed by atoms with van der Waals surface area (Å²) in [5, 5.41) is 17.1. The molecule has 6 heteroatoms. The number of aliphatic carboxylic acids is 2. The molecular weight excluding hydrogens is 216 g/mol. The Labute approximate surface area is 92.3 Å². The van der Waals surface area contributed by atoms with Gasteiger partial charge in [-0.05, 0) is 6.42 Å². The van der Waals surface area contributed by atoms with Crippen LogP contribution >= 0.6 is 0 Å². The number of carboxylic acids is 2. The third kappa shape index (κ3) is 5.23. The fraction of sp³-hybridized carbons (Fsp3) is 0.600. The molecule has 0 rings (SSSR count). The first-order valence-corrected chi connectivity index (χ1v) is 4.87. The van der Waals surface area contributed by atoms with Crippen molar-refractivity contribution in [1.82, 2.24) is 0 Å². The van der Waals surface area contributed by atoms with E-state index in [2.05, 4.69) is 0 Å². The Hall–Kier alpha value is -1.72. The normalized spacial score (nSPS) is 11.8. The van der Waals surface area contributed by atoms with Gasteiger partial charge in [0.15, 0.2) is 0 Å². The number of Topliss-reactive ketones (excluding diaryl/α,β-unsaturated/α-hetero) is 2. The number of carbonyl (C=O) groups is 4. The van der Waals surface area contributed by atoms with Gasteiger partial charge in [-0.1, -0.05) is 6.92 Å². The fourth-order valence-corrected chi connectivity index (χ4v) is 1.23. The van der Waals surface area contributed by atoms with Crippen LogP contribution in [0.15, 0.2) is 0 Å². The summed E-state index contributed by atoms with van der Waals surface area (Å²) in [4.78, 5) is 43.3. The number of hydrogen-bond acceptors (Lipinski definition) is 4. The van der Waals surface area contributed by atoms with Gasteiger partial charge in [-0.3, -0.25) is 19.2 Å². The van der Waals surface area contributed by atoms with Gasteiger partial charge in [0.2, 0.25) is 0 Å². The number of carbonyl (C=O) groups excluding carboxylic acids is 2. The highest BCUT2D eigenvalue weighted by atomic mass is 16.4. The standard InChI is InChI=1S/C10H14O6/c1-2-3-8(12)7(10(15)16)4-6(11)5-9(13)14/h7H,2-5H2,1H3,(H,13,14)(H,15,16). The van der Waals surface area contributed by atoms with Gasteiger partial charge in [0.1, 0.15) is 23.9 Å². The van der Waals surface area contributed by atoms with Crippen molar-refractivity contribution in [1.29, 1.82) is 0 Å². The summed E-state index contributed by atoms with van der Waals surface area (Å²) in [6, 6.07) is 0. The zero-order valence-corrected chi connectivity index (χ0v) is 8.93. The smallest absolute Gasteiger partial charge is 0.314 e. The Balaban J connectivity index is 4.45. The second kappa shape index (κ2) is 6.71. The van der Waals surface area contributed by atoms with Crippen LogP contribution in [0, 0.1) is 5.92 Å². The van der Waals surface area contributed by atoms with E-state index in [1.807, 2.05) is 0 Å². The van der Waals surface area contributed by atoms with Crippen molar-refractivity contribution in [3.05, 3.63) is 0 Å². The first-order chi connectivity index (χ1) is 7.38. The van der Waals surface area contributed by atoms with Crippen molar-refractivity contribution in [2.75, 3.05) is 0 Å². The van der Waals surface area contributed by atoms with Crippen molar-refractivity contribution in [3.63, 3.8) is 0 Å². The van der Waals surface area contributed by atoms with Gasteiger partial charge < -0.3 is 10.2 Å². The van der Waals surface area contributed by atoms with E-state index in [9.17, 15) is 19.2 Å². The zero-order valence-electron chi connectivity index (χ0n) is 8.93. The number of carboxylic acid groups (broad SMARTS) is 2. The lowest BCUT2D eigenvalue weighted by Crippen LogP contribution is -2.27. The second-order valence-electron chi connectivity index (χ2n) is 3.42. The molecule has 0 spiro atoms. The molecule has 0 bridgehead atoms. The van der Waals surface area contributed by atoms with E-state index in [1.165, 1.54) is 0 Å². The van der Waals surface area contributed by atoms with Crippen LogP contribution in [-0.4, -0.2) is 33.7 Å². The summed E-state index contributed by atoms with van der Waals surface area (Å²) in [7, 11) is 0. The summed E-state index contributed by atoms with van der Waals surface area (Å²) in [6.07, 6.45) is -0.712. The van der Waals surface area contributed by atoms with E-state index >= 15 is 0 Å². The molecule has 0 aromatic rings. The molecule has 0 aromatic heterocycles. The number of ketones is 2. The summed E-state index contributed by atoms with van der Waals surface area (Å²) in [5.74, 6) is -5.39. The summed E-state index contributed by atoms with van der Waals surface area (Å²) in [5.41, 5.74) is 0. The van der Waals surface area contributed by atoms with Gasteiger partial charge in [0.05, 0.1) is 0 Å². The molecule has 0 fully saturated rings. The van der Waals surface area contributed by atoms with Crippen LogP contribution in [0.3, 0.4) is 0 Å². The Morgan fingerprint density at radius 2 is 1.69 bits per heavy atom. The lowest BCUT2D eigenvalue weighted by molar-refractivity contribution is -0.150. The second-order valence-corrected chi connectivity index (χ2v) is 3.42. The van der Waals surface area contributed by atoms with Gasteiger partial charge in [-0.25, -0.2) is 0 Å². The number of rotatable bonds is 8. The molecule has 0 aromatic carbocycles. The molecule has 0 aliphatic heterocycles. The van der Waals surface area contributed by atoms with Gasteiger partial charge >= 0.3 is 11.9 Å². The molecule has 0 saturated carbocycles. The highest BCUT2D eigenvalue weighted by Gasteiger charge is 2.28. The van der Waals surface area contributed by atoms with Gasteiger partial charge in [-0.15, -0.1) is 0 Å². The van der Waals surface area contributed by atoms with E-state index in [4.69, 9.17) is 10.2 Å². The molecule has 2 N–H and O–H groups in total. The first-order valence-electron chi connectivity index (χ1n) is 4.87. The molecule has 0 radical (unpaired) electrons. The lowest BCUT2D eigenvalue weighted by Gasteiger charge is -2.08. The van der Waals surface area contributed by atoms with Crippen LogP contribution in [0.5, 0.6) is 0 Å². The lowest BCUT2D eigenvalue weighted by atomic mass is 9.94. The van der Waals surface area contributed by atoms with E-state index in [-0.39, 0.29) is 6.42 Å². The topological polar surface area (TPSA) is 109 Å². The molecule has 0 saturated heterocycles. The highest BCUT2D eigenvalue weighted by Crippen LogP contribution is 2.11. The third-order valence-electron chi connectivity index (χ3n) is 1.96. The monoisotopic (exact) mass is 230 g/mol. The molecule has 90 valence electrons. The molecule has 0 heterocycles. The third-order valence-corrected chi connectivity index (χ3v) is 1.96. The molecule has 0 aliphatic carbocycles. The first kappa shape index (κ1) is 14.3. The SMILES string of the molecule is CCCC(=O)C(CC(=O)CC(=O)O)C(=O)O. The average Bonchev–Trinajstić information content (AvgIpc) is 2.12. The van der Waals surface area contributed by atoms with Crippen LogP contribution < -0.4 is 0 Å². The average molecular weight is 230 g/mol. The van der Waals surface area contributed by atoms with Gasteiger partial charge in [0.25, 0.3) is 0 Å². The largest absolute Gasteiger partial charge is 0.481 e. The van der Waals surface area contributed by atoms with Crippen LogP contribution in [0.1, 0.15) is 32.6 Å².